The third-order valence-corrected chi connectivity index (χ3v) is 4.66. The van der Waals surface area contributed by atoms with Gasteiger partial charge in [-0.3, -0.25) is 9.36 Å². The zero-order chi connectivity index (χ0) is 21.9. The fourth-order valence-electron chi connectivity index (χ4n) is 2.66. The molecule has 0 aliphatic heterocycles. The summed E-state index contributed by atoms with van der Waals surface area (Å²) in [7, 11) is 0. The number of esters is 1. The van der Waals surface area contributed by atoms with Crippen LogP contribution >= 0.6 is 11.8 Å². The maximum atomic E-state index is 12.3. The van der Waals surface area contributed by atoms with Crippen molar-refractivity contribution in [3.05, 3.63) is 48.2 Å². The maximum Gasteiger partial charge on any atom is 0.573 e. The highest BCUT2D eigenvalue weighted by atomic mass is 32.2. The van der Waals surface area contributed by atoms with Crippen molar-refractivity contribution < 1.29 is 27.4 Å². The summed E-state index contributed by atoms with van der Waals surface area (Å²) in [5, 5.41) is 0.560. The smallest absolute Gasteiger partial charge is 0.459 e. The zero-order valence-electron chi connectivity index (χ0n) is 16.6. The molecule has 0 fully saturated rings. The number of imidazole rings is 1. The molecular formula is C20H20F3N3O3S. The van der Waals surface area contributed by atoms with Gasteiger partial charge in [0.25, 0.3) is 0 Å². The van der Waals surface area contributed by atoms with Crippen molar-refractivity contribution in [2.75, 3.05) is 5.75 Å². The molecule has 0 saturated carbocycles. The van der Waals surface area contributed by atoms with E-state index in [-0.39, 0.29) is 17.5 Å². The first-order chi connectivity index (χ1) is 14.0. The average Bonchev–Trinajstić information content (AvgIpc) is 2.97. The highest BCUT2D eigenvalue weighted by Gasteiger charge is 2.31. The molecule has 2 heterocycles. The molecule has 0 atom stereocenters. The Morgan fingerprint density at radius 3 is 2.47 bits per heavy atom. The molecule has 0 bridgehead atoms. The van der Waals surface area contributed by atoms with Gasteiger partial charge in [-0.05, 0) is 50.6 Å². The molecule has 0 aliphatic rings. The molecule has 3 rings (SSSR count). The molecule has 3 aromatic rings. The first-order valence-corrected chi connectivity index (χ1v) is 9.99. The van der Waals surface area contributed by atoms with Crippen LogP contribution in [0.15, 0.2) is 47.8 Å². The lowest BCUT2D eigenvalue weighted by atomic mass is 10.2. The van der Waals surface area contributed by atoms with Crippen LogP contribution in [0.4, 0.5) is 13.2 Å². The molecule has 0 saturated heterocycles. The molecule has 0 N–H and O–H groups in total. The standard InChI is InChI=1S/C20H20F3N3O3S/c1-19(2,3)29-16(27)12-30-18-25-15-5-4-10-24-17(15)26(18)11-13-6-8-14(9-7-13)28-20(21,22)23/h4-10H,11-12H2,1-3H3. The van der Waals surface area contributed by atoms with Gasteiger partial charge in [-0.2, -0.15) is 0 Å². The van der Waals surface area contributed by atoms with E-state index < -0.39 is 12.0 Å². The molecule has 2 aromatic heterocycles. The van der Waals surface area contributed by atoms with E-state index in [0.717, 1.165) is 5.56 Å². The van der Waals surface area contributed by atoms with Crippen molar-refractivity contribution in [3.8, 4) is 5.75 Å². The Kier molecular flexibility index (Phi) is 6.25. The summed E-state index contributed by atoms with van der Waals surface area (Å²) in [6.45, 7) is 5.69. The van der Waals surface area contributed by atoms with Crippen LogP contribution in [-0.2, 0) is 16.1 Å². The number of nitrogens with zero attached hydrogens (tertiary/aromatic N) is 3. The Morgan fingerprint density at radius 2 is 1.83 bits per heavy atom. The van der Waals surface area contributed by atoms with Gasteiger partial charge < -0.3 is 9.47 Å². The van der Waals surface area contributed by atoms with Crippen LogP contribution in [0.1, 0.15) is 26.3 Å². The molecule has 1 aromatic carbocycles. The van der Waals surface area contributed by atoms with Crippen molar-refractivity contribution in [1.82, 2.24) is 14.5 Å². The Morgan fingerprint density at radius 1 is 1.13 bits per heavy atom. The van der Waals surface area contributed by atoms with Gasteiger partial charge in [-0.1, -0.05) is 23.9 Å². The summed E-state index contributed by atoms with van der Waals surface area (Å²) in [6.07, 6.45) is -3.11. The monoisotopic (exact) mass is 439 g/mol. The van der Waals surface area contributed by atoms with E-state index in [4.69, 9.17) is 4.74 Å². The zero-order valence-corrected chi connectivity index (χ0v) is 17.4. The van der Waals surface area contributed by atoms with E-state index in [1.54, 1.807) is 39.1 Å². The quantitative estimate of drug-likeness (QED) is 0.406. The molecule has 10 heteroatoms. The topological polar surface area (TPSA) is 66.2 Å². The van der Waals surface area contributed by atoms with Gasteiger partial charge in [-0.25, -0.2) is 9.97 Å². The van der Waals surface area contributed by atoms with Crippen molar-refractivity contribution >= 4 is 28.9 Å². The molecule has 0 aliphatic carbocycles. The number of ether oxygens (including phenoxy) is 2. The lowest BCUT2D eigenvalue weighted by Gasteiger charge is -2.19. The van der Waals surface area contributed by atoms with E-state index >= 15 is 0 Å². The Labute approximate surface area is 175 Å². The average molecular weight is 439 g/mol. The van der Waals surface area contributed by atoms with Crippen LogP contribution in [0.2, 0.25) is 0 Å². The number of aromatic nitrogens is 3. The summed E-state index contributed by atoms with van der Waals surface area (Å²) in [5.74, 6) is -0.592. The second-order valence-corrected chi connectivity index (χ2v) is 8.34. The van der Waals surface area contributed by atoms with Crippen LogP contribution in [0.3, 0.4) is 0 Å². The lowest BCUT2D eigenvalue weighted by Crippen LogP contribution is -2.25. The SMILES string of the molecule is CC(C)(C)OC(=O)CSc1nc2cccnc2n1Cc1ccc(OC(F)(F)F)cc1. The molecule has 0 radical (unpaired) electrons. The summed E-state index contributed by atoms with van der Waals surface area (Å²) < 4.78 is 48.1. The van der Waals surface area contributed by atoms with Crippen LogP contribution in [-0.4, -0.2) is 38.2 Å². The number of halogens is 3. The number of benzene rings is 1. The van der Waals surface area contributed by atoms with Gasteiger partial charge in [0.15, 0.2) is 10.8 Å². The van der Waals surface area contributed by atoms with Gasteiger partial charge in [-0.15, -0.1) is 13.2 Å². The normalized spacial score (nSPS) is 12.2. The van der Waals surface area contributed by atoms with E-state index in [1.165, 1.54) is 36.0 Å². The number of hydrogen-bond donors (Lipinski definition) is 0. The van der Waals surface area contributed by atoms with Crippen LogP contribution in [0.25, 0.3) is 11.2 Å². The van der Waals surface area contributed by atoms with Crippen molar-refractivity contribution in [2.24, 2.45) is 0 Å². The van der Waals surface area contributed by atoms with E-state index in [0.29, 0.717) is 22.9 Å². The molecular weight excluding hydrogens is 419 g/mol. The highest BCUT2D eigenvalue weighted by molar-refractivity contribution is 7.99. The lowest BCUT2D eigenvalue weighted by molar-refractivity contribution is -0.274. The van der Waals surface area contributed by atoms with Crippen LogP contribution in [0, 0.1) is 0 Å². The molecule has 160 valence electrons. The second kappa shape index (κ2) is 8.55. The van der Waals surface area contributed by atoms with Crippen molar-refractivity contribution in [2.45, 2.75) is 44.4 Å². The van der Waals surface area contributed by atoms with Gasteiger partial charge in [0.05, 0.1) is 12.3 Å². The fraction of sp³-hybridized carbons (Fsp3) is 0.350. The summed E-state index contributed by atoms with van der Waals surface area (Å²) in [4.78, 5) is 20.9. The number of rotatable bonds is 6. The minimum atomic E-state index is -4.74. The van der Waals surface area contributed by atoms with Crippen molar-refractivity contribution in [1.29, 1.82) is 0 Å². The predicted octanol–water partition coefficient (Wildman–Crippen LogP) is 4.81. The number of carbonyl (C=O) groups is 1. The Hall–Kier alpha value is -2.75. The predicted molar refractivity (Wildman–Crippen MR) is 106 cm³/mol. The van der Waals surface area contributed by atoms with Gasteiger partial charge in [0.2, 0.25) is 0 Å². The number of pyridine rings is 1. The van der Waals surface area contributed by atoms with Crippen LogP contribution in [0.5, 0.6) is 5.75 Å². The molecule has 6 nitrogen and oxygen atoms in total. The molecule has 0 spiro atoms. The van der Waals surface area contributed by atoms with E-state index in [1.807, 2.05) is 4.57 Å². The number of carbonyl (C=O) groups excluding carboxylic acids is 1. The molecule has 0 unspecified atom stereocenters. The van der Waals surface area contributed by atoms with Gasteiger partial charge >= 0.3 is 12.3 Å². The minimum absolute atomic E-state index is 0.0684. The maximum absolute atomic E-state index is 12.3. The largest absolute Gasteiger partial charge is 0.573 e. The first-order valence-electron chi connectivity index (χ1n) is 9.01. The summed E-state index contributed by atoms with van der Waals surface area (Å²) in [5.41, 5.74) is 1.41. The number of thioether (sulfide) groups is 1. The van der Waals surface area contributed by atoms with Gasteiger partial charge in [0, 0.05) is 6.20 Å². The Balaban J connectivity index is 1.80. The number of fused-ring (bicyclic) bond motifs is 1. The Bertz CT molecular complexity index is 1030. The number of alkyl halides is 3. The van der Waals surface area contributed by atoms with Crippen LogP contribution < -0.4 is 4.74 Å². The summed E-state index contributed by atoms with van der Waals surface area (Å²) >= 11 is 1.22. The summed E-state index contributed by atoms with van der Waals surface area (Å²) in [6, 6.07) is 9.14. The third kappa shape index (κ3) is 6.12. The van der Waals surface area contributed by atoms with E-state index in [2.05, 4.69) is 14.7 Å². The van der Waals surface area contributed by atoms with Crippen molar-refractivity contribution in [3.63, 3.8) is 0 Å². The first kappa shape index (κ1) is 21.9. The van der Waals surface area contributed by atoms with E-state index in [9.17, 15) is 18.0 Å². The molecule has 30 heavy (non-hydrogen) atoms. The fourth-order valence-corrected chi connectivity index (χ4v) is 3.44. The minimum Gasteiger partial charge on any atom is -0.459 e. The van der Waals surface area contributed by atoms with Gasteiger partial charge in [0.1, 0.15) is 16.9 Å². The highest BCUT2D eigenvalue weighted by Crippen LogP contribution is 2.26. The number of hydrogen-bond acceptors (Lipinski definition) is 6. The second-order valence-electron chi connectivity index (χ2n) is 7.39. The molecule has 0 amide bonds. The third-order valence-electron chi connectivity index (χ3n) is 3.71.